The lowest BCUT2D eigenvalue weighted by molar-refractivity contribution is -0.139. The highest BCUT2D eigenvalue weighted by molar-refractivity contribution is 9.10. The molecule has 0 aliphatic heterocycles. The fraction of sp³-hybridized carbons (Fsp3) is 0.385. The topological polar surface area (TPSA) is 66.4 Å². The summed E-state index contributed by atoms with van der Waals surface area (Å²) in [4.78, 5) is 22.9. The van der Waals surface area contributed by atoms with Gasteiger partial charge in [0.25, 0.3) is 5.91 Å². The number of unbranched alkanes of at least 4 members (excludes halogenated alkanes) is 1. The molecular weight excluding hydrogens is 298 g/mol. The molecule has 0 radical (unpaired) electrons. The van der Waals surface area contributed by atoms with Crippen LogP contribution in [0.1, 0.15) is 36.5 Å². The molecule has 0 heterocycles. The molecule has 0 fully saturated rings. The van der Waals surface area contributed by atoms with Crippen molar-refractivity contribution >= 4 is 27.8 Å². The average Bonchev–Trinajstić information content (AvgIpc) is 2.33. The van der Waals surface area contributed by atoms with Gasteiger partial charge in [0.15, 0.2) is 0 Å². The van der Waals surface area contributed by atoms with Crippen LogP contribution >= 0.6 is 15.9 Å². The fourth-order valence-corrected chi connectivity index (χ4v) is 1.94. The van der Waals surface area contributed by atoms with E-state index in [0.717, 1.165) is 17.3 Å². The monoisotopic (exact) mass is 313 g/mol. The van der Waals surface area contributed by atoms with Crippen LogP contribution in [-0.2, 0) is 4.79 Å². The molecule has 0 saturated heterocycles. The van der Waals surface area contributed by atoms with Crippen LogP contribution in [0.3, 0.4) is 0 Å². The zero-order valence-electron chi connectivity index (χ0n) is 10.1. The van der Waals surface area contributed by atoms with Crippen LogP contribution in [0.5, 0.6) is 0 Å². The predicted molar refractivity (Wildman–Crippen MR) is 72.6 cm³/mol. The van der Waals surface area contributed by atoms with E-state index in [1.165, 1.54) is 0 Å². The van der Waals surface area contributed by atoms with E-state index in [1.807, 2.05) is 13.0 Å². The fourth-order valence-electron chi connectivity index (χ4n) is 1.54. The number of aliphatic carboxylic acids is 1. The first kappa shape index (κ1) is 14.7. The Bertz CT molecular complexity index is 434. The minimum atomic E-state index is -0.994. The number of nitrogens with one attached hydrogen (secondary N) is 1. The summed E-state index contributed by atoms with van der Waals surface area (Å²) in [5.41, 5.74) is 0.451. The predicted octanol–water partition coefficient (Wildman–Crippen LogP) is 2.82. The first-order valence-corrected chi connectivity index (χ1v) is 6.63. The SMILES string of the molecule is CCCC[C@@H](NC(=O)c1cccc(Br)c1)C(=O)O. The van der Waals surface area contributed by atoms with Crippen LogP contribution < -0.4 is 5.32 Å². The molecule has 1 rings (SSSR count). The Balaban J connectivity index is 2.69. The molecule has 4 nitrogen and oxygen atoms in total. The van der Waals surface area contributed by atoms with Gasteiger partial charge in [-0.3, -0.25) is 4.79 Å². The molecule has 0 bridgehead atoms. The molecule has 18 heavy (non-hydrogen) atoms. The zero-order chi connectivity index (χ0) is 13.5. The van der Waals surface area contributed by atoms with Crippen LogP contribution in [0.4, 0.5) is 0 Å². The van der Waals surface area contributed by atoms with E-state index >= 15 is 0 Å². The largest absolute Gasteiger partial charge is 0.480 e. The van der Waals surface area contributed by atoms with Gasteiger partial charge in [0, 0.05) is 10.0 Å². The molecule has 0 aromatic heterocycles. The number of benzene rings is 1. The number of carbonyl (C=O) groups is 2. The van der Waals surface area contributed by atoms with E-state index in [1.54, 1.807) is 18.2 Å². The molecule has 1 aromatic carbocycles. The lowest BCUT2D eigenvalue weighted by Gasteiger charge is -2.14. The number of carbonyl (C=O) groups excluding carboxylic acids is 1. The molecule has 0 saturated carbocycles. The molecule has 1 atom stereocenters. The summed E-state index contributed by atoms with van der Waals surface area (Å²) >= 11 is 3.27. The highest BCUT2D eigenvalue weighted by Crippen LogP contribution is 2.12. The normalized spacial score (nSPS) is 11.9. The first-order valence-electron chi connectivity index (χ1n) is 5.83. The maximum absolute atomic E-state index is 11.9. The Morgan fingerprint density at radius 3 is 2.72 bits per heavy atom. The van der Waals surface area contributed by atoms with E-state index in [0.29, 0.717) is 12.0 Å². The van der Waals surface area contributed by atoms with Crippen molar-refractivity contribution in [3.05, 3.63) is 34.3 Å². The zero-order valence-corrected chi connectivity index (χ0v) is 11.7. The summed E-state index contributed by atoms with van der Waals surface area (Å²) in [6.07, 6.45) is 2.12. The Hall–Kier alpha value is -1.36. The maximum Gasteiger partial charge on any atom is 0.326 e. The molecule has 0 aliphatic carbocycles. The minimum Gasteiger partial charge on any atom is -0.480 e. The third-order valence-corrected chi connectivity index (χ3v) is 3.03. The van der Waals surface area contributed by atoms with Crippen LogP contribution in [0.25, 0.3) is 0 Å². The van der Waals surface area contributed by atoms with E-state index in [4.69, 9.17) is 5.11 Å². The molecule has 2 N–H and O–H groups in total. The number of amides is 1. The maximum atomic E-state index is 11.9. The van der Waals surface area contributed by atoms with Gasteiger partial charge >= 0.3 is 5.97 Å². The smallest absolute Gasteiger partial charge is 0.326 e. The first-order chi connectivity index (χ1) is 8.54. The molecule has 0 spiro atoms. The third-order valence-electron chi connectivity index (χ3n) is 2.54. The summed E-state index contributed by atoms with van der Waals surface area (Å²) in [5, 5.41) is 11.6. The standard InChI is InChI=1S/C13H16BrNO3/c1-2-3-7-11(13(17)18)15-12(16)9-5-4-6-10(14)8-9/h4-6,8,11H,2-3,7H2,1H3,(H,15,16)(H,17,18)/t11-/m1/s1. The summed E-state index contributed by atoms with van der Waals surface area (Å²) in [6.45, 7) is 1.98. The molecule has 98 valence electrons. The average molecular weight is 314 g/mol. The summed E-state index contributed by atoms with van der Waals surface area (Å²) < 4.78 is 0.788. The Morgan fingerprint density at radius 2 is 2.17 bits per heavy atom. The number of hydrogen-bond donors (Lipinski definition) is 2. The van der Waals surface area contributed by atoms with Gasteiger partial charge in [0.1, 0.15) is 6.04 Å². The van der Waals surface area contributed by atoms with Crippen LogP contribution in [-0.4, -0.2) is 23.0 Å². The Kier molecular flexibility index (Phi) is 5.85. The highest BCUT2D eigenvalue weighted by atomic mass is 79.9. The second-order valence-corrected chi connectivity index (χ2v) is 4.93. The Morgan fingerprint density at radius 1 is 1.44 bits per heavy atom. The third kappa shape index (κ3) is 4.49. The van der Waals surface area contributed by atoms with E-state index in [-0.39, 0.29) is 5.91 Å². The molecule has 1 aromatic rings. The summed E-state index contributed by atoms with van der Waals surface area (Å²) in [5.74, 6) is -1.36. The summed E-state index contributed by atoms with van der Waals surface area (Å²) in [6, 6.07) is 6.03. The van der Waals surface area contributed by atoms with Gasteiger partial charge in [-0.25, -0.2) is 4.79 Å². The van der Waals surface area contributed by atoms with Gasteiger partial charge in [-0.2, -0.15) is 0 Å². The van der Waals surface area contributed by atoms with E-state index in [9.17, 15) is 9.59 Å². The van der Waals surface area contributed by atoms with E-state index in [2.05, 4.69) is 21.2 Å². The molecule has 5 heteroatoms. The lowest BCUT2D eigenvalue weighted by atomic mass is 10.1. The second-order valence-electron chi connectivity index (χ2n) is 4.02. The molecule has 0 aliphatic rings. The number of hydrogen-bond acceptors (Lipinski definition) is 2. The number of carboxylic acid groups (broad SMARTS) is 1. The van der Waals surface area contributed by atoms with E-state index < -0.39 is 12.0 Å². The van der Waals surface area contributed by atoms with Crippen molar-refractivity contribution in [1.82, 2.24) is 5.32 Å². The second kappa shape index (κ2) is 7.16. The quantitative estimate of drug-likeness (QED) is 0.848. The molecular formula is C13H16BrNO3. The lowest BCUT2D eigenvalue weighted by Crippen LogP contribution is -2.40. The van der Waals surface area contributed by atoms with Gasteiger partial charge in [-0.1, -0.05) is 41.8 Å². The van der Waals surface area contributed by atoms with Crippen molar-refractivity contribution in [3.8, 4) is 0 Å². The van der Waals surface area contributed by atoms with Gasteiger partial charge in [0.05, 0.1) is 0 Å². The van der Waals surface area contributed by atoms with Crippen molar-refractivity contribution in [2.75, 3.05) is 0 Å². The summed E-state index contributed by atoms with van der Waals surface area (Å²) in [7, 11) is 0. The Labute approximate surface area is 115 Å². The van der Waals surface area contributed by atoms with Crippen molar-refractivity contribution in [3.63, 3.8) is 0 Å². The number of halogens is 1. The van der Waals surface area contributed by atoms with Gasteiger partial charge in [0.2, 0.25) is 0 Å². The van der Waals surface area contributed by atoms with Crippen LogP contribution in [0.2, 0.25) is 0 Å². The van der Waals surface area contributed by atoms with Gasteiger partial charge < -0.3 is 10.4 Å². The highest BCUT2D eigenvalue weighted by Gasteiger charge is 2.19. The van der Waals surface area contributed by atoms with Crippen molar-refractivity contribution in [2.24, 2.45) is 0 Å². The minimum absolute atomic E-state index is 0.361. The number of rotatable bonds is 6. The van der Waals surface area contributed by atoms with Crippen molar-refractivity contribution < 1.29 is 14.7 Å². The van der Waals surface area contributed by atoms with Crippen molar-refractivity contribution in [1.29, 1.82) is 0 Å². The van der Waals surface area contributed by atoms with Gasteiger partial charge in [-0.15, -0.1) is 0 Å². The van der Waals surface area contributed by atoms with Crippen molar-refractivity contribution in [2.45, 2.75) is 32.2 Å². The molecule has 1 amide bonds. The van der Waals surface area contributed by atoms with Gasteiger partial charge in [-0.05, 0) is 24.6 Å². The van der Waals surface area contributed by atoms with Crippen LogP contribution in [0, 0.1) is 0 Å². The number of carboxylic acids is 1. The van der Waals surface area contributed by atoms with Crippen LogP contribution in [0.15, 0.2) is 28.7 Å². The molecule has 0 unspecified atom stereocenters.